The Kier molecular flexibility index (Phi) is 5.32. The summed E-state index contributed by atoms with van der Waals surface area (Å²) < 4.78 is 5.16. The van der Waals surface area contributed by atoms with Crippen LogP contribution in [-0.4, -0.2) is 29.0 Å². The van der Waals surface area contributed by atoms with Crippen LogP contribution in [0.5, 0.6) is 11.5 Å². The number of phenols is 1. The third kappa shape index (κ3) is 3.68. The van der Waals surface area contributed by atoms with Crippen molar-refractivity contribution in [2.45, 2.75) is 26.8 Å². The van der Waals surface area contributed by atoms with Gasteiger partial charge in [0.25, 0.3) is 5.91 Å². The second kappa shape index (κ2) is 7.44. The number of benzene rings is 2. The SMILES string of the molecule is COc1ccc(N2C(=O)C(O)=C(C(=O)C(C)(C)C)C2c2cccc(O)c2)cc1Cl. The van der Waals surface area contributed by atoms with Crippen molar-refractivity contribution in [1.29, 1.82) is 0 Å². The number of carbonyl (C=O) groups is 2. The van der Waals surface area contributed by atoms with Crippen molar-refractivity contribution < 1.29 is 24.5 Å². The van der Waals surface area contributed by atoms with Crippen LogP contribution in [0.4, 0.5) is 5.69 Å². The van der Waals surface area contributed by atoms with Gasteiger partial charge in [0, 0.05) is 11.1 Å². The fourth-order valence-electron chi connectivity index (χ4n) is 3.32. The fraction of sp³-hybridized carbons (Fsp3) is 0.273. The van der Waals surface area contributed by atoms with E-state index >= 15 is 0 Å². The van der Waals surface area contributed by atoms with Crippen molar-refractivity contribution in [3.8, 4) is 11.5 Å². The number of carbonyl (C=O) groups excluding carboxylic acids is 2. The van der Waals surface area contributed by atoms with E-state index in [4.69, 9.17) is 16.3 Å². The summed E-state index contributed by atoms with van der Waals surface area (Å²) in [6.07, 6.45) is 0. The van der Waals surface area contributed by atoms with Gasteiger partial charge in [-0.05, 0) is 35.9 Å². The minimum atomic E-state index is -0.911. The number of aliphatic hydroxyl groups excluding tert-OH is 1. The molecule has 2 aromatic carbocycles. The standard InChI is InChI=1S/C22H22ClNO5/c1-22(2,3)20(27)17-18(12-6-5-7-14(25)10-12)24(21(28)19(17)26)13-8-9-16(29-4)15(23)11-13/h5-11,18,25-26H,1-4H3. The van der Waals surface area contributed by atoms with Gasteiger partial charge in [-0.1, -0.05) is 44.5 Å². The lowest BCUT2D eigenvalue weighted by atomic mass is 9.82. The third-order valence-electron chi connectivity index (χ3n) is 4.73. The van der Waals surface area contributed by atoms with E-state index < -0.39 is 23.1 Å². The molecule has 1 amide bonds. The van der Waals surface area contributed by atoms with E-state index in [9.17, 15) is 19.8 Å². The van der Waals surface area contributed by atoms with Crippen molar-refractivity contribution >= 4 is 29.0 Å². The molecule has 2 aromatic rings. The molecule has 0 aromatic heterocycles. The Hall–Kier alpha value is -2.99. The average Bonchev–Trinajstić information content (AvgIpc) is 2.91. The summed E-state index contributed by atoms with van der Waals surface area (Å²) in [4.78, 5) is 27.4. The molecule has 1 heterocycles. The van der Waals surface area contributed by atoms with Crippen LogP contribution in [0, 0.1) is 5.41 Å². The van der Waals surface area contributed by atoms with Crippen molar-refractivity contribution in [1.82, 2.24) is 0 Å². The minimum absolute atomic E-state index is 0.0139. The van der Waals surface area contributed by atoms with Gasteiger partial charge >= 0.3 is 0 Å². The highest BCUT2D eigenvalue weighted by Crippen LogP contribution is 2.45. The van der Waals surface area contributed by atoms with Crippen LogP contribution in [0.3, 0.4) is 0 Å². The number of ketones is 1. The van der Waals surface area contributed by atoms with Crippen molar-refractivity contribution in [3.05, 3.63) is 64.4 Å². The molecule has 0 radical (unpaired) electrons. The molecule has 1 aliphatic rings. The monoisotopic (exact) mass is 415 g/mol. The lowest BCUT2D eigenvalue weighted by molar-refractivity contribution is -0.123. The number of ether oxygens (including phenoxy) is 1. The van der Waals surface area contributed by atoms with Gasteiger partial charge in [-0.3, -0.25) is 14.5 Å². The molecule has 1 unspecified atom stereocenters. The maximum absolute atomic E-state index is 13.1. The molecule has 1 atom stereocenters. The number of hydrogen-bond donors (Lipinski definition) is 2. The third-order valence-corrected chi connectivity index (χ3v) is 5.03. The van der Waals surface area contributed by atoms with Crippen molar-refractivity contribution in [2.24, 2.45) is 5.41 Å². The first kappa shape index (κ1) is 20.7. The van der Waals surface area contributed by atoms with Crippen molar-refractivity contribution in [2.75, 3.05) is 12.0 Å². The van der Waals surface area contributed by atoms with E-state index in [1.807, 2.05) is 0 Å². The zero-order chi connectivity index (χ0) is 21.5. The number of rotatable bonds is 4. The first-order chi connectivity index (χ1) is 13.6. The molecule has 2 N–H and O–H groups in total. The van der Waals surface area contributed by atoms with Crippen LogP contribution in [0.15, 0.2) is 53.8 Å². The molecule has 29 heavy (non-hydrogen) atoms. The minimum Gasteiger partial charge on any atom is -0.508 e. The Labute approximate surface area is 174 Å². The Morgan fingerprint density at radius 3 is 2.38 bits per heavy atom. The van der Waals surface area contributed by atoms with E-state index in [-0.39, 0.29) is 22.1 Å². The maximum atomic E-state index is 13.1. The van der Waals surface area contributed by atoms with Crippen LogP contribution >= 0.6 is 11.6 Å². The molecular formula is C22H22ClNO5. The van der Waals surface area contributed by atoms with E-state index in [1.54, 1.807) is 45.0 Å². The number of methoxy groups -OCH3 is 1. The lowest BCUT2D eigenvalue weighted by Crippen LogP contribution is -2.32. The molecule has 152 valence electrons. The molecule has 1 aliphatic heterocycles. The predicted molar refractivity (Wildman–Crippen MR) is 110 cm³/mol. The number of phenolic OH excluding ortho intramolecular Hbond substituents is 1. The molecule has 0 spiro atoms. The zero-order valence-corrected chi connectivity index (χ0v) is 17.3. The second-order valence-electron chi connectivity index (χ2n) is 7.83. The van der Waals surface area contributed by atoms with E-state index in [1.165, 1.54) is 30.2 Å². The molecular weight excluding hydrogens is 394 g/mol. The number of halogens is 1. The Morgan fingerprint density at radius 1 is 1.14 bits per heavy atom. The number of aromatic hydroxyl groups is 1. The predicted octanol–water partition coefficient (Wildman–Crippen LogP) is 4.57. The summed E-state index contributed by atoms with van der Waals surface area (Å²) in [6.45, 7) is 5.14. The Balaban J connectivity index is 2.22. The summed E-state index contributed by atoms with van der Waals surface area (Å²) in [5.74, 6) is -1.27. The number of anilines is 1. The van der Waals surface area contributed by atoms with Crippen LogP contribution < -0.4 is 9.64 Å². The topological polar surface area (TPSA) is 87.1 Å². The van der Waals surface area contributed by atoms with Gasteiger partial charge in [-0.2, -0.15) is 0 Å². The number of aliphatic hydroxyl groups is 1. The van der Waals surface area contributed by atoms with Gasteiger partial charge in [0.1, 0.15) is 11.5 Å². The molecule has 0 fully saturated rings. The second-order valence-corrected chi connectivity index (χ2v) is 8.24. The van der Waals surface area contributed by atoms with Crippen LogP contribution in [0.2, 0.25) is 5.02 Å². The summed E-state index contributed by atoms with van der Waals surface area (Å²) in [5, 5.41) is 20.9. The summed E-state index contributed by atoms with van der Waals surface area (Å²) in [5.41, 5.74) is 0.0334. The lowest BCUT2D eigenvalue weighted by Gasteiger charge is -2.29. The first-order valence-corrected chi connectivity index (χ1v) is 9.38. The Morgan fingerprint density at radius 2 is 1.83 bits per heavy atom. The zero-order valence-electron chi connectivity index (χ0n) is 16.6. The normalized spacial score (nSPS) is 17.1. The number of Topliss-reactive ketones (excluding diaryl/α,β-unsaturated/α-hetero) is 1. The molecule has 0 bridgehead atoms. The number of amides is 1. The maximum Gasteiger partial charge on any atom is 0.294 e. The van der Waals surface area contributed by atoms with Gasteiger partial charge < -0.3 is 14.9 Å². The van der Waals surface area contributed by atoms with Gasteiger partial charge in [0.15, 0.2) is 11.5 Å². The quantitative estimate of drug-likeness (QED) is 0.763. The van der Waals surface area contributed by atoms with Gasteiger partial charge in [0.2, 0.25) is 0 Å². The van der Waals surface area contributed by atoms with Crippen LogP contribution in [0.25, 0.3) is 0 Å². The Bertz CT molecular complexity index is 1020. The van der Waals surface area contributed by atoms with E-state index in [0.29, 0.717) is 17.0 Å². The van der Waals surface area contributed by atoms with E-state index in [2.05, 4.69) is 0 Å². The molecule has 0 saturated heterocycles. The summed E-state index contributed by atoms with van der Waals surface area (Å²) in [7, 11) is 1.48. The fourth-order valence-corrected chi connectivity index (χ4v) is 3.57. The molecule has 0 saturated carbocycles. The highest BCUT2D eigenvalue weighted by Gasteiger charge is 2.46. The highest BCUT2D eigenvalue weighted by molar-refractivity contribution is 6.32. The largest absolute Gasteiger partial charge is 0.508 e. The van der Waals surface area contributed by atoms with Crippen LogP contribution in [0.1, 0.15) is 32.4 Å². The van der Waals surface area contributed by atoms with E-state index in [0.717, 1.165) is 0 Å². The first-order valence-electron chi connectivity index (χ1n) is 9.00. The molecule has 0 aliphatic carbocycles. The smallest absolute Gasteiger partial charge is 0.294 e. The summed E-state index contributed by atoms with van der Waals surface area (Å²) >= 11 is 6.24. The summed E-state index contributed by atoms with van der Waals surface area (Å²) in [6, 6.07) is 10.1. The molecule has 7 heteroatoms. The van der Waals surface area contributed by atoms with Crippen LogP contribution in [-0.2, 0) is 9.59 Å². The molecule has 6 nitrogen and oxygen atoms in total. The van der Waals surface area contributed by atoms with Crippen molar-refractivity contribution in [3.63, 3.8) is 0 Å². The van der Waals surface area contributed by atoms with Gasteiger partial charge in [-0.25, -0.2) is 0 Å². The molecule has 3 rings (SSSR count). The number of hydrogen-bond acceptors (Lipinski definition) is 5. The van der Waals surface area contributed by atoms with Gasteiger partial charge in [0.05, 0.1) is 23.7 Å². The highest BCUT2D eigenvalue weighted by atomic mass is 35.5. The average molecular weight is 416 g/mol. The number of nitrogens with zero attached hydrogens (tertiary/aromatic N) is 1. The van der Waals surface area contributed by atoms with Gasteiger partial charge in [-0.15, -0.1) is 0 Å².